The highest BCUT2D eigenvalue weighted by molar-refractivity contribution is 9.11. The average Bonchev–Trinajstić information content (AvgIpc) is 2.35. The van der Waals surface area contributed by atoms with E-state index in [0.29, 0.717) is 4.88 Å². The zero-order valence-electron chi connectivity index (χ0n) is 5.75. The van der Waals surface area contributed by atoms with E-state index in [0.717, 1.165) is 9.86 Å². The van der Waals surface area contributed by atoms with Crippen molar-refractivity contribution in [1.29, 1.82) is 0 Å². The first-order valence-electron chi connectivity index (χ1n) is 2.95. The number of carboxylic acids is 1. The number of thiophene rings is 1. The van der Waals surface area contributed by atoms with Gasteiger partial charge in [-0.25, -0.2) is 4.79 Å². The van der Waals surface area contributed by atoms with Crippen LogP contribution in [0.15, 0.2) is 21.7 Å². The zero-order chi connectivity index (χ0) is 9.14. The Morgan fingerprint density at radius 3 is 2.75 bits per heavy atom. The van der Waals surface area contributed by atoms with Crippen LogP contribution in [-0.4, -0.2) is 11.1 Å². The molecule has 0 fully saturated rings. The van der Waals surface area contributed by atoms with Gasteiger partial charge in [0, 0.05) is 4.88 Å². The first kappa shape index (κ1) is 9.41. The fourth-order valence-electron chi connectivity index (χ4n) is 0.592. The van der Waals surface area contributed by atoms with E-state index in [4.69, 9.17) is 5.11 Å². The molecule has 0 saturated carbocycles. The Hall–Kier alpha value is -0.680. The predicted octanol–water partition coefficient (Wildman–Crippen LogP) is 2.91. The van der Waals surface area contributed by atoms with Crippen molar-refractivity contribution in [3.05, 3.63) is 26.6 Å². The van der Waals surface area contributed by atoms with Crippen molar-refractivity contribution in [2.24, 2.45) is 0 Å². The summed E-state index contributed by atoms with van der Waals surface area (Å²) in [6.45, 7) is 0. The van der Waals surface area contributed by atoms with Crippen molar-refractivity contribution in [2.45, 2.75) is 0 Å². The molecule has 1 heterocycles. The predicted molar refractivity (Wildman–Crippen MR) is 48.7 cm³/mol. The molecule has 1 aromatic heterocycles. The summed E-state index contributed by atoms with van der Waals surface area (Å²) in [5.41, 5.74) is 0. The van der Waals surface area contributed by atoms with Crippen LogP contribution in [0, 0.1) is 0 Å². The third-order valence-electron chi connectivity index (χ3n) is 1.07. The highest BCUT2D eigenvalue weighted by Crippen LogP contribution is 2.24. The molecule has 2 nitrogen and oxygen atoms in total. The van der Waals surface area contributed by atoms with Crippen molar-refractivity contribution < 1.29 is 14.3 Å². The monoisotopic (exact) mass is 250 g/mol. The van der Waals surface area contributed by atoms with E-state index in [1.807, 2.05) is 0 Å². The molecule has 1 rings (SSSR count). The normalized spacial score (nSPS) is 11.7. The Bertz CT molecular complexity index is 332. The summed E-state index contributed by atoms with van der Waals surface area (Å²) in [5, 5.41) is 8.20. The molecule has 0 spiro atoms. The highest BCUT2D eigenvalue weighted by Gasteiger charge is 2.05. The number of aliphatic carboxylic acids is 1. The molecule has 0 aromatic carbocycles. The largest absolute Gasteiger partial charge is 0.476 e. The minimum atomic E-state index is -1.54. The minimum Gasteiger partial charge on any atom is -0.476 e. The summed E-state index contributed by atoms with van der Waals surface area (Å²) < 4.78 is 13.3. The molecule has 1 aromatic rings. The van der Waals surface area contributed by atoms with Crippen LogP contribution in [-0.2, 0) is 4.79 Å². The standard InChI is InChI=1S/C7H4BrFO2S/c8-6-2-1-4(12-6)3-5(9)7(10)11/h1-3H,(H,10,11). The van der Waals surface area contributed by atoms with Crippen LogP contribution in [0.1, 0.15) is 4.88 Å². The number of carbonyl (C=O) groups is 1. The van der Waals surface area contributed by atoms with Gasteiger partial charge in [-0.15, -0.1) is 11.3 Å². The van der Waals surface area contributed by atoms with E-state index >= 15 is 0 Å². The van der Waals surface area contributed by atoms with Crippen molar-refractivity contribution in [2.75, 3.05) is 0 Å². The molecule has 12 heavy (non-hydrogen) atoms. The van der Waals surface area contributed by atoms with Gasteiger partial charge in [0.05, 0.1) is 3.79 Å². The molecule has 0 aliphatic heterocycles. The molecular formula is C7H4BrFO2S. The molecule has 0 aliphatic carbocycles. The Labute approximate surface area is 80.5 Å². The Balaban J connectivity index is 2.87. The molecule has 0 radical (unpaired) electrons. The van der Waals surface area contributed by atoms with Gasteiger partial charge in [-0.3, -0.25) is 0 Å². The lowest BCUT2D eigenvalue weighted by atomic mass is 10.4. The molecule has 0 aliphatic rings. The zero-order valence-corrected chi connectivity index (χ0v) is 8.15. The lowest BCUT2D eigenvalue weighted by molar-refractivity contribution is -0.134. The molecule has 1 N–H and O–H groups in total. The fourth-order valence-corrected chi connectivity index (χ4v) is 1.95. The van der Waals surface area contributed by atoms with E-state index < -0.39 is 11.8 Å². The number of rotatable bonds is 2. The number of halogens is 2. The lowest BCUT2D eigenvalue weighted by Gasteiger charge is -1.85. The van der Waals surface area contributed by atoms with Crippen LogP contribution < -0.4 is 0 Å². The van der Waals surface area contributed by atoms with E-state index in [-0.39, 0.29) is 0 Å². The van der Waals surface area contributed by atoms with E-state index in [1.54, 1.807) is 12.1 Å². The second-order valence-electron chi connectivity index (χ2n) is 1.94. The summed E-state index contributed by atoms with van der Waals surface area (Å²) in [6, 6.07) is 3.36. The summed E-state index contributed by atoms with van der Waals surface area (Å²) in [7, 11) is 0. The number of hydrogen-bond donors (Lipinski definition) is 1. The highest BCUT2D eigenvalue weighted by atomic mass is 79.9. The van der Waals surface area contributed by atoms with Gasteiger partial charge in [0.1, 0.15) is 0 Å². The maximum absolute atomic E-state index is 12.5. The molecule has 0 saturated heterocycles. The van der Waals surface area contributed by atoms with Gasteiger partial charge < -0.3 is 5.11 Å². The average molecular weight is 251 g/mol. The number of hydrogen-bond acceptors (Lipinski definition) is 2. The van der Waals surface area contributed by atoms with Gasteiger partial charge in [0.2, 0.25) is 5.83 Å². The van der Waals surface area contributed by atoms with Gasteiger partial charge in [-0.2, -0.15) is 4.39 Å². The maximum Gasteiger partial charge on any atom is 0.364 e. The molecule has 5 heteroatoms. The molecule has 64 valence electrons. The quantitative estimate of drug-likeness (QED) is 0.820. The minimum absolute atomic E-state index is 0.571. The maximum atomic E-state index is 12.5. The Morgan fingerprint density at radius 2 is 2.33 bits per heavy atom. The number of carboxylic acid groups (broad SMARTS) is 1. The van der Waals surface area contributed by atoms with Crippen LogP contribution in [0.25, 0.3) is 6.08 Å². The smallest absolute Gasteiger partial charge is 0.364 e. The van der Waals surface area contributed by atoms with Gasteiger partial charge in [-0.1, -0.05) is 0 Å². The van der Waals surface area contributed by atoms with E-state index in [2.05, 4.69) is 15.9 Å². The van der Waals surface area contributed by atoms with E-state index in [9.17, 15) is 9.18 Å². The molecule has 0 atom stereocenters. The van der Waals surface area contributed by atoms with Crippen molar-refractivity contribution in [3.8, 4) is 0 Å². The lowest BCUT2D eigenvalue weighted by Crippen LogP contribution is -1.93. The summed E-state index contributed by atoms with van der Waals surface area (Å²) >= 11 is 4.45. The van der Waals surface area contributed by atoms with Crippen LogP contribution in [0.5, 0.6) is 0 Å². The van der Waals surface area contributed by atoms with Crippen LogP contribution >= 0.6 is 27.3 Å². The third-order valence-corrected chi connectivity index (χ3v) is 2.64. The summed E-state index contributed by atoms with van der Waals surface area (Å²) in [4.78, 5) is 10.6. The van der Waals surface area contributed by atoms with Gasteiger partial charge in [-0.05, 0) is 34.1 Å². The second-order valence-corrected chi connectivity index (χ2v) is 4.43. The summed E-state index contributed by atoms with van der Waals surface area (Å²) in [6.07, 6.45) is 0.984. The first-order chi connectivity index (χ1) is 5.59. The molecular weight excluding hydrogens is 247 g/mol. The third kappa shape index (κ3) is 2.42. The first-order valence-corrected chi connectivity index (χ1v) is 4.56. The molecule has 0 bridgehead atoms. The van der Waals surface area contributed by atoms with E-state index in [1.165, 1.54) is 11.3 Å². The van der Waals surface area contributed by atoms with Gasteiger partial charge >= 0.3 is 5.97 Å². The van der Waals surface area contributed by atoms with Crippen LogP contribution in [0.2, 0.25) is 0 Å². The van der Waals surface area contributed by atoms with Crippen molar-refractivity contribution in [1.82, 2.24) is 0 Å². The second kappa shape index (κ2) is 3.82. The van der Waals surface area contributed by atoms with Gasteiger partial charge in [0.25, 0.3) is 0 Å². The van der Waals surface area contributed by atoms with Crippen molar-refractivity contribution >= 4 is 39.3 Å². The Kier molecular flexibility index (Phi) is 2.99. The van der Waals surface area contributed by atoms with Crippen LogP contribution in [0.3, 0.4) is 0 Å². The topological polar surface area (TPSA) is 37.3 Å². The Morgan fingerprint density at radius 1 is 1.67 bits per heavy atom. The SMILES string of the molecule is O=C(O)C(F)=Cc1ccc(Br)s1. The molecule has 0 amide bonds. The van der Waals surface area contributed by atoms with Crippen LogP contribution in [0.4, 0.5) is 4.39 Å². The molecule has 0 unspecified atom stereocenters. The van der Waals surface area contributed by atoms with Gasteiger partial charge in [0.15, 0.2) is 0 Å². The summed E-state index contributed by atoms with van der Waals surface area (Å²) in [5.74, 6) is -2.69. The fraction of sp³-hybridized carbons (Fsp3) is 0. The van der Waals surface area contributed by atoms with Crippen molar-refractivity contribution in [3.63, 3.8) is 0 Å².